The molecule has 618 valence electrons. The lowest BCUT2D eigenvalue weighted by atomic mass is 9.76. The lowest BCUT2D eigenvalue weighted by Gasteiger charge is -2.35. The molecule has 0 fully saturated rings. The molecule has 25 rings (SSSR count). The molecule has 0 amide bonds. The van der Waals surface area contributed by atoms with Crippen molar-refractivity contribution >= 4 is 107 Å². The predicted octanol–water partition coefficient (Wildman–Crippen LogP) is 30.4. The van der Waals surface area contributed by atoms with E-state index in [4.69, 9.17) is 0 Å². The van der Waals surface area contributed by atoms with E-state index in [2.05, 4.69) is 398 Å². The van der Waals surface area contributed by atoms with Crippen molar-refractivity contribution in [3.05, 3.63) is 447 Å². The Hall–Kier alpha value is -15.7. The highest BCUT2D eigenvalue weighted by atomic mass is 32.2. The third-order valence-electron chi connectivity index (χ3n) is 28.0. The largest absolute Gasteiger partial charge is 0.309 e. The molecule has 2 aliphatic heterocycles. The highest BCUT2D eigenvalue weighted by Crippen LogP contribution is 2.54. The molecule has 6 heterocycles. The summed E-state index contributed by atoms with van der Waals surface area (Å²) in [6.45, 7) is 8.51. The third-order valence-corrected chi connectivity index (χ3v) is 31.7. The quantitative estimate of drug-likeness (QED) is 0.122. The second-order valence-corrected chi connectivity index (χ2v) is 39.6. The molecule has 0 N–H and O–H groups in total. The van der Waals surface area contributed by atoms with Crippen LogP contribution in [0.25, 0.3) is 199 Å². The number of hydrogen-bond acceptors (Lipinski definition) is 4. The van der Waals surface area contributed by atoms with Crippen molar-refractivity contribution < 1.29 is 16.8 Å². The van der Waals surface area contributed by atoms with Crippen LogP contribution in [-0.2, 0) is 30.5 Å². The molecule has 0 spiro atoms. The van der Waals surface area contributed by atoms with Gasteiger partial charge in [0.05, 0.1) is 63.7 Å². The van der Waals surface area contributed by atoms with Gasteiger partial charge >= 0.3 is 0 Å². The molecular formula is C120H82N4O4S2. The summed E-state index contributed by atoms with van der Waals surface area (Å²) >= 11 is 0. The summed E-state index contributed by atoms with van der Waals surface area (Å²) in [5.74, 6) is 0. The summed E-state index contributed by atoms with van der Waals surface area (Å²) in [6.07, 6.45) is 0. The van der Waals surface area contributed by atoms with Gasteiger partial charge in [-0.1, -0.05) is 289 Å². The molecule has 10 heteroatoms. The number of benzene rings is 19. The molecule has 8 nitrogen and oxygen atoms in total. The van der Waals surface area contributed by atoms with Gasteiger partial charge in [-0.2, -0.15) is 0 Å². The summed E-state index contributed by atoms with van der Waals surface area (Å²) in [5.41, 5.74) is 30.1. The number of aromatic nitrogens is 4. The zero-order chi connectivity index (χ0) is 87.2. The lowest BCUT2D eigenvalue weighted by molar-refractivity contribution is 0.555. The normalized spacial score (nSPS) is 14.1. The van der Waals surface area contributed by atoms with E-state index < -0.39 is 30.5 Å². The number of nitrogens with zero attached hydrogens (tertiary/aromatic N) is 4. The number of fused-ring (bicyclic) bond motifs is 16. The molecule has 19 aromatic carbocycles. The first-order chi connectivity index (χ1) is 63.5. The van der Waals surface area contributed by atoms with Crippen molar-refractivity contribution in [3.63, 3.8) is 0 Å². The topological polar surface area (TPSA) is 88.0 Å². The van der Waals surface area contributed by atoms with Gasteiger partial charge in [-0.05, 0) is 275 Å². The SMILES string of the molecule is CC1(C)c2ccccc2S(=O)(=O)c2ccc(-c3ccccc3-c3cc(-c4cccc(-n5c6ccccc6c6cc(-c7ccc8c(c7)c7ccccc7n8-c7ccccc7)ccc65)c4)c(-c4ccccc4-c4ccc5c(c4)S(=O)(=O)c4ccccc4C5(C)C)cc3-c3cccc(-n4c5ccccc5c5cc(-c6ccc7c(c6)c6ccccc6n7-c6ccccc6)ccc54)c3)cc21. The van der Waals surface area contributed by atoms with E-state index in [0.717, 1.165) is 200 Å². The highest BCUT2D eigenvalue weighted by molar-refractivity contribution is 7.92. The van der Waals surface area contributed by atoms with Gasteiger partial charge in [0.2, 0.25) is 19.7 Å². The van der Waals surface area contributed by atoms with Crippen LogP contribution in [0.2, 0.25) is 0 Å². The second-order valence-electron chi connectivity index (χ2n) is 35.8. The average Bonchev–Trinajstić information content (AvgIpc) is 1.40. The van der Waals surface area contributed by atoms with E-state index >= 15 is 8.42 Å². The van der Waals surface area contributed by atoms with Crippen LogP contribution < -0.4 is 0 Å². The van der Waals surface area contributed by atoms with E-state index in [1.807, 2.05) is 60.7 Å². The maximum atomic E-state index is 15.4. The van der Waals surface area contributed by atoms with Crippen LogP contribution >= 0.6 is 0 Å². The van der Waals surface area contributed by atoms with Crippen LogP contribution in [0.15, 0.2) is 444 Å². The van der Waals surface area contributed by atoms with Gasteiger partial charge in [-0.15, -0.1) is 0 Å². The van der Waals surface area contributed by atoms with E-state index in [-0.39, 0.29) is 0 Å². The number of sulfone groups is 2. The van der Waals surface area contributed by atoms with Gasteiger partial charge in [-0.3, -0.25) is 0 Å². The van der Waals surface area contributed by atoms with E-state index in [1.165, 1.54) is 21.5 Å². The minimum atomic E-state index is -3.99. The molecule has 0 aliphatic carbocycles. The standard InChI is InChI=1S/C120H82N4O4S2/c1-119(2)103-45-19-26-52-116(103)130(127,128)118-72-82(53-59-105(118)119)88-38-12-14-40-90(88)98-74-95(79-29-27-35-85(65-79)123-109-49-23-17-43-93(109)101-69-77(56-62-113(101)123)75-54-60-111-99(67-75)91-41-15-21-47-107(91)121(111)83-31-7-5-8-32-83)97(89-39-13-11-37-87(89)81-58-64-117-106(71-81)120(3,4)104-46-20-25-51-115(104)129(117,125)126)73-96(98)80-30-28-36-86(66-80)124-110-50-24-18-44-94(110)102-70-78(57-63-114(102)124)76-55-61-112-100(68-76)92-42-16-22-48-108(92)122(112)84-33-9-6-10-34-84/h5-74H,1-4H3. The second kappa shape index (κ2) is 28.9. The van der Waals surface area contributed by atoms with E-state index in [0.29, 0.717) is 19.6 Å². The Morgan fingerprint density at radius 1 is 0.169 bits per heavy atom. The van der Waals surface area contributed by atoms with Crippen molar-refractivity contribution in [1.82, 2.24) is 18.3 Å². The van der Waals surface area contributed by atoms with Gasteiger partial charge in [0.15, 0.2) is 0 Å². The molecule has 23 aromatic rings. The molecule has 0 radical (unpaired) electrons. The van der Waals surface area contributed by atoms with Crippen LogP contribution in [0.1, 0.15) is 49.9 Å². The average molecular weight is 1710 g/mol. The smallest absolute Gasteiger partial charge is 0.207 e. The molecule has 4 aromatic heterocycles. The fourth-order valence-electron chi connectivity index (χ4n) is 21.8. The molecule has 0 saturated heterocycles. The summed E-state index contributed by atoms with van der Waals surface area (Å²) in [7, 11) is -7.88. The van der Waals surface area contributed by atoms with Crippen molar-refractivity contribution in [2.24, 2.45) is 0 Å². The molecule has 130 heavy (non-hydrogen) atoms. The minimum absolute atomic E-state index is 0.297. The first kappa shape index (κ1) is 76.7. The third kappa shape index (κ3) is 11.6. The summed E-state index contributed by atoms with van der Waals surface area (Å²) in [4.78, 5) is 1.26. The van der Waals surface area contributed by atoms with Gasteiger partial charge < -0.3 is 18.3 Å². The molecule has 2 aliphatic rings. The number of rotatable bonds is 12. The first-order valence-corrected chi connectivity index (χ1v) is 47.3. The van der Waals surface area contributed by atoms with Gasteiger partial charge in [-0.25, -0.2) is 16.8 Å². The maximum Gasteiger partial charge on any atom is 0.207 e. The van der Waals surface area contributed by atoms with E-state index in [1.54, 1.807) is 12.1 Å². The zero-order valence-corrected chi connectivity index (χ0v) is 73.3. The van der Waals surface area contributed by atoms with Gasteiger partial charge in [0.1, 0.15) is 0 Å². The van der Waals surface area contributed by atoms with E-state index in [9.17, 15) is 8.42 Å². The number of para-hydroxylation sites is 6. The fourth-order valence-corrected chi connectivity index (χ4v) is 25.7. The van der Waals surface area contributed by atoms with Crippen molar-refractivity contribution in [1.29, 1.82) is 0 Å². The Bertz CT molecular complexity index is 9030. The van der Waals surface area contributed by atoms with Crippen molar-refractivity contribution in [3.8, 4) is 112 Å². The fraction of sp³-hybridized carbons (Fsp3) is 0.0500. The number of hydrogen-bond donors (Lipinski definition) is 0. The summed E-state index contributed by atoms with van der Waals surface area (Å²) in [5, 5.41) is 9.28. The van der Waals surface area contributed by atoms with Gasteiger partial charge in [0.25, 0.3) is 0 Å². The maximum absolute atomic E-state index is 15.4. The lowest BCUT2D eigenvalue weighted by Crippen LogP contribution is -2.29. The first-order valence-electron chi connectivity index (χ1n) is 44.3. The molecule has 0 atom stereocenters. The molecule has 0 unspecified atom stereocenters. The Morgan fingerprint density at radius 2 is 0.454 bits per heavy atom. The molecule has 0 bridgehead atoms. The molecule has 0 saturated carbocycles. The van der Waals surface area contributed by atoms with Crippen LogP contribution in [0, 0.1) is 0 Å². The Labute approximate surface area is 753 Å². The van der Waals surface area contributed by atoms with Crippen LogP contribution in [-0.4, -0.2) is 35.1 Å². The highest BCUT2D eigenvalue weighted by Gasteiger charge is 2.43. The van der Waals surface area contributed by atoms with Crippen LogP contribution in [0.4, 0.5) is 0 Å². The Morgan fingerprint density at radius 3 is 0.869 bits per heavy atom. The van der Waals surface area contributed by atoms with Crippen LogP contribution in [0.5, 0.6) is 0 Å². The van der Waals surface area contributed by atoms with Gasteiger partial charge in [0, 0.05) is 76.7 Å². The minimum Gasteiger partial charge on any atom is -0.309 e. The summed E-state index contributed by atoms with van der Waals surface area (Å²) < 4.78 is 70.1. The molecular weight excluding hydrogens is 1630 g/mol. The van der Waals surface area contributed by atoms with Crippen molar-refractivity contribution in [2.45, 2.75) is 58.1 Å². The Kier molecular flexibility index (Phi) is 17.1. The van der Waals surface area contributed by atoms with Crippen molar-refractivity contribution in [2.75, 3.05) is 0 Å². The Balaban J connectivity index is 0.708. The summed E-state index contributed by atoms with van der Waals surface area (Å²) in [6, 6.07) is 150. The van der Waals surface area contributed by atoms with Crippen LogP contribution in [0.3, 0.4) is 0 Å². The monoisotopic (exact) mass is 1710 g/mol. The predicted molar refractivity (Wildman–Crippen MR) is 535 cm³/mol. The zero-order valence-electron chi connectivity index (χ0n) is 71.7.